The van der Waals surface area contributed by atoms with E-state index in [1.54, 1.807) is 31.3 Å². The Balaban J connectivity index is 2.10. The molecule has 14 nitrogen and oxygen atoms in total. The Labute approximate surface area is 224 Å². The molecule has 1 atom stereocenters. The zero-order chi connectivity index (χ0) is 29.1. The van der Waals surface area contributed by atoms with Crippen LogP contribution in [0.4, 0.5) is 17.5 Å². The van der Waals surface area contributed by atoms with Gasteiger partial charge in [-0.25, -0.2) is 4.79 Å². The number of nitrogens with zero attached hydrogens (tertiary/aromatic N) is 2. The Morgan fingerprint density at radius 3 is 2.21 bits per heavy atom. The van der Waals surface area contributed by atoms with Crippen LogP contribution in [0.2, 0.25) is 0 Å². The van der Waals surface area contributed by atoms with E-state index in [2.05, 4.69) is 30.7 Å². The number of aromatic amines is 1. The number of methoxy groups -OCH3 is 2. The molecule has 0 unspecified atom stereocenters. The van der Waals surface area contributed by atoms with Gasteiger partial charge in [-0.1, -0.05) is 0 Å². The molecule has 1 heterocycles. The second kappa shape index (κ2) is 14.3. The molecule has 0 saturated heterocycles. The lowest BCUT2D eigenvalue weighted by molar-refractivity contribution is -0.144. The third kappa shape index (κ3) is 9.25. The number of esters is 2. The van der Waals surface area contributed by atoms with Crippen molar-refractivity contribution >= 4 is 47.1 Å². The van der Waals surface area contributed by atoms with E-state index < -0.39 is 41.3 Å². The minimum Gasteiger partial charge on any atom is -0.469 e. The number of ether oxygens (including phenoxy) is 2. The molecule has 2 aromatic rings. The second-order valence-electron chi connectivity index (χ2n) is 8.49. The maximum atomic E-state index is 12.7. The van der Waals surface area contributed by atoms with Gasteiger partial charge in [-0.15, -0.1) is 0 Å². The van der Waals surface area contributed by atoms with E-state index in [-0.39, 0.29) is 42.2 Å². The van der Waals surface area contributed by atoms with E-state index in [4.69, 9.17) is 4.74 Å². The Bertz CT molecular complexity index is 1270. The van der Waals surface area contributed by atoms with Gasteiger partial charge in [-0.3, -0.25) is 34.3 Å². The van der Waals surface area contributed by atoms with Gasteiger partial charge < -0.3 is 25.0 Å². The zero-order valence-electron chi connectivity index (χ0n) is 22.4. The van der Waals surface area contributed by atoms with Gasteiger partial charge in [0.1, 0.15) is 11.9 Å². The van der Waals surface area contributed by atoms with Crippen LogP contribution in [-0.4, -0.2) is 73.5 Å². The van der Waals surface area contributed by atoms with E-state index in [0.717, 1.165) is 5.69 Å². The lowest BCUT2D eigenvalue weighted by Gasteiger charge is -2.20. The van der Waals surface area contributed by atoms with Crippen molar-refractivity contribution in [2.75, 3.05) is 43.3 Å². The van der Waals surface area contributed by atoms with Gasteiger partial charge in [-0.05, 0) is 37.1 Å². The van der Waals surface area contributed by atoms with Crippen LogP contribution in [0.15, 0.2) is 29.1 Å². The number of anilines is 3. The number of benzene rings is 1. The topological polar surface area (TPSA) is 189 Å². The minimum atomic E-state index is -1.02. The molecule has 0 spiro atoms. The lowest BCUT2D eigenvalue weighted by Crippen LogP contribution is -2.41. The van der Waals surface area contributed by atoms with Crippen molar-refractivity contribution in [2.24, 2.45) is 0 Å². The summed E-state index contributed by atoms with van der Waals surface area (Å²) < 4.78 is 9.28. The maximum absolute atomic E-state index is 12.7. The monoisotopic (exact) mass is 544 g/mol. The number of nitrogens with one attached hydrogen (secondary N) is 4. The standard InChI is InChI=1S/C25H32N6O8/c1-14(32)26-21-18(23(36)30-25(29-21)27-15(2)33)12-13-31(3)17-8-6-16(7-9-17)22(35)28-19(24(37)39-5)10-11-20(34)38-4/h6-9,19H,10-13H2,1-5H3,(H,28,35)(H3,26,27,29,30,32,33,36)/t19-/m1/s1. The molecule has 1 aromatic carbocycles. The van der Waals surface area contributed by atoms with Gasteiger partial charge in [0.25, 0.3) is 11.5 Å². The highest BCUT2D eigenvalue weighted by molar-refractivity contribution is 5.97. The average Bonchev–Trinajstić information content (AvgIpc) is 2.88. The molecular weight excluding hydrogens is 512 g/mol. The summed E-state index contributed by atoms with van der Waals surface area (Å²) in [4.78, 5) is 80.1. The first kappa shape index (κ1) is 30.5. The van der Waals surface area contributed by atoms with Crippen LogP contribution in [0.25, 0.3) is 0 Å². The number of carbonyl (C=O) groups excluding carboxylic acids is 5. The van der Waals surface area contributed by atoms with Gasteiger partial charge in [0.15, 0.2) is 0 Å². The van der Waals surface area contributed by atoms with Crippen molar-refractivity contribution in [3.63, 3.8) is 0 Å². The zero-order valence-corrected chi connectivity index (χ0v) is 22.4. The average molecular weight is 545 g/mol. The summed E-state index contributed by atoms with van der Waals surface area (Å²) in [5.74, 6) is -2.62. The predicted molar refractivity (Wildman–Crippen MR) is 141 cm³/mol. The molecule has 0 saturated carbocycles. The summed E-state index contributed by atoms with van der Waals surface area (Å²) in [7, 11) is 4.19. The third-order valence-corrected chi connectivity index (χ3v) is 5.53. The van der Waals surface area contributed by atoms with Gasteiger partial charge in [0.05, 0.1) is 19.8 Å². The normalized spacial score (nSPS) is 11.1. The van der Waals surface area contributed by atoms with E-state index in [9.17, 15) is 28.8 Å². The molecule has 2 rings (SSSR count). The van der Waals surface area contributed by atoms with Crippen LogP contribution in [0.1, 0.15) is 42.6 Å². The van der Waals surface area contributed by atoms with Crippen LogP contribution in [0.3, 0.4) is 0 Å². The first-order valence-electron chi connectivity index (χ1n) is 11.9. The van der Waals surface area contributed by atoms with Gasteiger partial charge in [0, 0.05) is 45.1 Å². The van der Waals surface area contributed by atoms with Crippen molar-refractivity contribution in [1.82, 2.24) is 15.3 Å². The van der Waals surface area contributed by atoms with E-state index >= 15 is 0 Å². The Hall–Kier alpha value is -4.75. The maximum Gasteiger partial charge on any atom is 0.328 e. The second-order valence-corrected chi connectivity index (χ2v) is 8.49. The smallest absolute Gasteiger partial charge is 0.328 e. The molecule has 0 bridgehead atoms. The highest BCUT2D eigenvalue weighted by atomic mass is 16.5. The van der Waals surface area contributed by atoms with Crippen LogP contribution in [0, 0.1) is 0 Å². The molecule has 3 amide bonds. The van der Waals surface area contributed by atoms with E-state index in [1.807, 2.05) is 4.90 Å². The van der Waals surface area contributed by atoms with Crippen LogP contribution < -0.4 is 26.4 Å². The number of aromatic nitrogens is 2. The first-order valence-corrected chi connectivity index (χ1v) is 11.9. The molecule has 0 fully saturated rings. The number of likely N-dealkylation sites (N-methyl/N-ethyl adjacent to an activating group) is 1. The van der Waals surface area contributed by atoms with Gasteiger partial charge >= 0.3 is 11.9 Å². The summed E-state index contributed by atoms with van der Waals surface area (Å²) >= 11 is 0. The number of hydrogen-bond acceptors (Lipinski definition) is 10. The summed E-state index contributed by atoms with van der Waals surface area (Å²) in [6.07, 6.45) is 0.155. The van der Waals surface area contributed by atoms with Crippen molar-refractivity contribution in [3.8, 4) is 0 Å². The van der Waals surface area contributed by atoms with Crippen molar-refractivity contribution in [1.29, 1.82) is 0 Å². The summed E-state index contributed by atoms with van der Waals surface area (Å²) in [6, 6.07) is 5.48. The molecule has 39 heavy (non-hydrogen) atoms. The predicted octanol–water partition coefficient (Wildman–Crippen LogP) is 0.590. The van der Waals surface area contributed by atoms with Crippen LogP contribution >= 0.6 is 0 Å². The molecule has 4 N–H and O–H groups in total. The number of amides is 3. The number of carbonyl (C=O) groups is 5. The van der Waals surface area contributed by atoms with Crippen LogP contribution in [-0.2, 0) is 35.1 Å². The van der Waals surface area contributed by atoms with Crippen LogP contribution in [0.5, 0.6) is 0 Å². The summed E-state index contributed by atoms with van der Waals surface area (Å²) in [5.41, 5.74) is 0.719. The first-order chi connectivity index (χ1) is 18.4. The van der Waals surface area contributed by atoms with Crippen molar-refractivity contribution in [3.05, 3.63) is 45.7 Å². The molecular formula is C25H32N6O8. The molecule has 0 radical (unpaired) electrons. The Morgan fingerprint density at radius 2 is 1.64 bits per heavy atom. The third-order valence-electron chi connectivity index (χ3n) is 5.53. The molecule has 0 aliphatic carbocycles. The lowest BCUT2D eigenvalue weighted by atomic mass is 10.1. The molecule has 14 heteroatoms. The Kier molecular flexibility index (Phi) is 11.1. The summed E-state index contributed by atoms with van der Waals surface area (Å²) in [6.45, 7) is 2.89. The minimum absolute atomic E-state index is 0.0200. The highest BCUT2D eigenvalue weighted by Crippen LogP contribution is 2.17. The quantitative estimate of drug-likeness (QED) is 0.275. The fourth-order valence-corrected chi connectivity index (χ4v) is 3.50. The molecule has 0 aliphatic heterocycles. The van der Waals surface area contributed by atoms with Gasteiger partial charge in [-0.2, -0.15) is 4.98 Å². The highest BCUT2D eigenvalue weighted by Gasteiger charge is 2.23. The Morgan fingerprint density at radius 1 is 1.00 bits per heavy atom. The molecule has 0 aliphatic rings. The summed E-state index contributed by atoms with van der Waals surface area (Å²) in [5, 5.41) is 7.46. The van der Waals surface area contributed by atoms with E-state index in [1.165, 1.54) is 28.1 Å². The number of rotatable bonds is 12. The van der Waals surface area contributed by atoms with Crippen molar-refractivity contribution in [2.45, 2.75) is 39.2 Å². The fourth-order valence-electron chi connectivity index (χ4n) is 3.50. The van der Waals surface area contributed by atoms with Crippen molar-refractivity contribution < 1.29 is 33.4 Å². The van der Waals surface area contributed by atoms with Gasteiger partial charge in [0.2, 0.25) is 17.8 Å². The number of hydrogen-bond donors (Lipinski definition) is 4. The number of H-pyrrole nitrogens is 1. The fraction of sp³-hybridized carbons (Fsp3) is 0.400. The molecule has 210 valence electrons. The SMILES string of the molecule is COC(=O)CC[C@@H](NC(=O)c1ccc(N(C)CCc2c(NC(C)=O)nc(NC(C)=O)[nH]c2=O)cc1)C(=O)OC. The van der Waals surface area contributed by atoms with E-state index in [0.29, 0.717) is 6.54 Å². The largest absolute Gasteiger partial charge is 0.469 e. The molecule has 1 aromatic heterocycles.